The lowest BCUT2D eigenvalue weighted by atomic mass is 10.1. The van der Waals surface area contributed by atoms with Crippen molar-refractivity contribution >= 4 is 43.6 Å². The maximum Gasteiger partial charge on any atom is 0.141 e. The van der Waals surface area contributed by atoms with Crippen molar-refractivity contribution in [3.63, 3.8) is 0 Å². The van der Waals surface area contributed by atoms with E-state index in [-0.39, 0.29) is 0 Å². The standard InChI is InChI=1S/C28H18N4.5C2H6/c1-2-8-19(9-3-1)31-24-12-6-4-10-20(24)22-14-15-23-21-11-5-7-13-25(21)32(28(23)27(22)31)26-16-17-29-18-30-26;5*1-2/h1-18H;5*1-2H3. The Hall–Kier alpha value is -4.44. The van der Waals surface area contributed by atoms with Crippen LogP contribution in [0.25, 0.3) is 55.1 Å². The van der Waals surface area contributed by atoms with Crippen LogP contribution in [0.5, 0.6) is 0 Å². The first-order chi connectivity index (χ1) is 20.9. The molecule has 0 saturated carbocycles. The predicted molar refractivity (Wildman–Crippen MR) is 187 cm³/mol. The van der Waals surface area contributed by atoms with Gasteiger partial charge in [0.2, 0.25) is 0 Å². The van der Waals surface area contributed by atoms with Crippen molar-refractivity contribution in [1.29, 1.82) is 0 Å². The molecule has 4 heteroatoms. The Morgan fingerprint density at radius 1 is 0.429 bits per heavy atom. The summed E-state index contributed by atoms with van der Waals surface area (Å²) in [5, 5.41) is 4.90. The molecule has 0 unspecified atom stereocenters. The minimum atomic E-state index is 0.864. The highest BCUT2D eigenvalue weighted by Gasteiger charge is 2.20. The molecule has 3 aromatic heterocycles. The second kappa shape index (κ2) is 17.4. The van der Waals surface area contributed by atoms with Crippen molar-refractivity contribution < 1.29 is 0 Å². The summed E-state index contributed by atoms with van der Waals surface area (Å²) in [6.45, 7) is 20.0. The van der Waals surface area contributed by atoms with Crippen molar-refractivity contribution in [1.82, 2.24) is 19.1 Å². The molecular formula is C38H48N4. The Morgan fingerprint density at radius 3 is 1.38 bits per heavy atom. The van der Waals surface area contributed by atoms with E-state index in [0.29, 0.717) is 0 Å². The molecule has 0 aliphatic carbocycles. The van der Waals surface area contributed by atoms with Crippen molar-refractivity contribution in [2.45, 2.75) is 69.2 Å². The smallest absolute Gasteiger partial charge is 0.141 e. The predicted octanol–water partition coefficient (Wildman–Crippen LogP) is 11.8. The number of benzene rings is 4. The number of aromatic nitrogens is 4. The molecule has 0 aliphatic rings. The van der Waals surface area contributed by atoms with Gasteiger partial charge in [0.15, 0.2) is 0 Å². The van der Waals surface area contributed by atoms with Crippen LogP contribution in [0, 0.1) is 0 Å². The number of hydrogen-bond donors (Lipinski definition) is 0. The Balaban J connectivity index is 0.000000563. The molecule has 0 fully saturated rings. The SMILES string of the molecule is CC.CC.CC.CC.CC.c1ccc(-n2c3ccccc3c3ccc4c5ccccc5n(-c5ccncn5)c4c32)cc1. The van der Waals surface area contributed by atoms with Gasteiger partial charge in [-0.15, -0.1) is 0 Å². The minimum absolute atomic E-state index is 0.864. The fourth-order valence-corrected chi connectivity index (χ4v) is 5.00. The molecule has 0 amide bonds. The van der Waals surface area contributed by atoms with E-state index in [1.165, 1.54) is 32.6 Å². The highest BCUT2D eigenvalue weighted by molar-refractivity contribution is 6.23. The monoisotopic (exact) mass is 560 g/mol. The molecule has 220 valence electrons. The first-order valence-corrected chi connectivity index (χ1v) is 15.7. The average Bonchev–Trinajstić information content (AvgIpc) is 3.63. The second-order valence-corrected chi connectivity index (χ2v) is 7.97. The summed E-state index contributed by atoms with van der Waals surface area (Å²) in [5.41, 5.74) is 5.82. The zero-order valence-corrected chi connectivity index (χ0v) is 27.2. The van der Waals surface area contributed by atoms with Crippen molar-refractivity contribution in [3.8, 4) is 11.5 Å². The molecule has 0 N–H and O–H groups in total. The van der Waals surface area contributed by atoms with Gasteiger partial charge in [0.05, 0.1) is 22.1 Å². The number of hydrogen-bond acceptors (Lipinski definition) is 2. The van der Waals surface area contributed by atoms with Crippen molar-refractivity contribution in [2.75, 3.05) is 0 Å². The van der Waals surface area contributed by atoms with E-state index < -0.39 is 0 Å². The summed E-state index contributed by atoms with van der Waals surface area (Å²) in [5.74, 6) is 0.864. The molecule has 7 rings (SSSR count). The van der Waals surface area contributed by atoms with Gasteiger partial charge in [0.1, 0.15) is 12.1 Å². The van der Waals surface area contributed by atoms with Gasteiger partial charge >= 0.3 is 0 Å². The molecule has 0 atom stereocenters. The third-order valence-electron chi connectivity index (χ3n) is 6.28. The van der Waals surface area contributed by atoms with Gasteiger partial charge in [0, 0.05) is 33.4 Å². The van der Waals surface area contributed by atoms with E-state index in [9.17, 15) is 0 Å². The summed E-state index contributed by atoms with van der Waals surface area (Å²) in [4.78, 5) is 8.78. The van der Waals surface area contributed by atoms with Crippen LogP contribution in [-0.2, 0) is 0 Å². The molecule has 0 aliphatic heterocycles. The topological polar surface area (TPSA) is 35.6 Å². The highest BCUT2D eigenvalue weighted by Crippen LogP contribution is 2.41. The number of fused-ring (bicyclic) bond motifs is 7. The first kappa shape index (κ1) is 33.8. The van der Waals surface area contributed by atoms with E-state index in [1.54, 1.807) is 12.5 Å². The number of nitrogens with zero attached hydrogens (tertiary/aromatic N) is 4. The summed E-state index contributed by atoms with van der Waals surface area (Å²) < 4.78 is 4.65. The van der Waals surface area contributed by atoms with E-state index >= 15 is 0 Å². The lowest BCUT2D eigenvalue weighted by Crippen LogP contribution is -2.00. The number of rotatable bonds is 2. The summed E-state index contributed by atoms with van der Waals surface area (Å²) >= 11 is 0. The minimum Gasteiger partial charge on any atom is -0.307 e. The van der Waals surface area contributed by atoms with Crippen LogP contribution < -0.4 is 0 Å². The second-order valence-electron chi connectivity index (χ2n) is 7.97. The normalized spacial score (nSPS) is 9.67. The summed E-state index contributed by atoms with van der Waals surface area (Å²) in [6, 6.07) is 34.2. The van der Waals surface area contributed by atoms with Crippen molar-refractivity contribution in [2.24, 2.45) is 0 Å². The molecule has 0 saturated heterocycles. The van der Waals surface area contributed by atoms with Crippen LogP contribution >= 0.6 is 0 Å². The van der Waals surface area contributed by atoms with Crippen LogP contribution in [0.2, 0.25) is 0 Å². The number of para-hydroxylation sites is 3. The maximum absolute atomic E-state index is 4.63. The van der Waals surface area contributed by atoms with Gasteiger partial charge < -0.3 is 4.57 Å². The third kappa shape index (κ3) is 6.23. The van der Waals surface area contributed by atoms with Gasteiger partial charge in [-0.1, -0.05) is 136 Å². The van der Waals surface area contributed by atoms with Crippen LogP contribution in [0.15, 0.2) is 110 Å². The largest absolute Gasteiger partial charge is 0.307 e. The lowest BCUT2D eigenvalue weighted by Gasteiger charge is -2.11. The lowest BCUT2D eigenvalue weighted by molar-refractivity contribution is 1.04. The Bertz CT molecular complexity index is 1630. The quantitative estimate of drug-likeness (QED) is 0.211. The average molecular weight is 561 g/mol. The van der Waals surface area contributed by atoms with Gasteiger partial charge in [-0.25, -0.2) is 9.97 Å². The van der Waals surface area contributed by atoms with Crippen LogP contribution in [-0.4, -0.2) is 19.1 Å². The molecule has 4 aromatic carbocycles. The van der Waals surface area contributed by atoms with Gasteiger partial charge in [-0.05, 0) is 30.3 Å². The molecule has 7 aromatic rings. The highest BCUT2D eigenvalue weighted by atomic mass is 15.1. The molecule has 0 spiro atoms. The van der Waals surface area contributed by atoms with Gasteiger partial charge in [-0.2, -0.15) is 0 Å². The van der Waals surface area contributed by atoms with Crippen molar-refractivity contribution in [3.05, 3.63) is 110 Å². The van der Waals surface area contributed by atoms with E-state index in [2.05, 4.69) is 110 Å². The molecule has 42 heavy (non-hydrogen) atoms. The summed E-state index contributed by atoms with van der Waals surface area (Å²) in [6.07, 6.45) is 3.42. The molecule has 4 nitrogen and oxygen atoms in total. The third-order valence-corrected chi connectivity index (χ3v) is 6.28. The Labute approximate surface area is 252 Å². The Morgan fingerprint density at radius 2 is 0.881 bits per heavy atom. The maximum atomic E-state index is 4.63. The fourth-order valence-electron chi connectivity index (χ4n) is 5.00. The van der Waals surface area contributed by atoms with Gasteiger partial charge in [-0.3, -0.25) is 4.57 Å². The molecule has 0 radical (unpaired) electrons. The zero-order valence-electron chi connectivity index (χ0n) is 27.2. The zero-order chi connectivity index (χ0) is 31.1. The van der Waals surface area contributed by atoms with E-state index in [1.807, 2.05) is 75.3 Å². The van der Waals surface area contributed by atoms with E-state index in [4.69, 9.17) is 0 Å². The summed E-state index contributed by atoms with van der Waals surface area (Å²) in [7, 11) is 0. The van der Waals surface area contributed by atoms with Gasteiger partial charge in [0.25, 0.3) is 0 Å². The first-order valence-electron chi connectivity index (χ1n) is 15.7. The van der Waals surface area contributed by atoms with Crippen LogP contribution in [0.1, 0.15) is 69.2 Å². The molecule has 0 bridgehead atoms. The fraction of sp³-hybridized carbons (Fsp3) is 0.263. The Kier molecular flexibility index (Phi) is 14.0. The van der Waals surface area contributed by atoms with Crippen LogP contribution in [0.4, 0.5) is 0 Å². The van der Waals surface area contributed by atoms with Crippen LogP contribution in [0.3, 0.4) is 0 Å². The molecule has 3 heterocycles. The van der Waals surface area contributed by atoms with E-state index in [0.717, 1.165) is 22.5 Å². The molecular weight excluding hydrogens is 512 g/mol.